The van der Waals surface area contributed by atoms with Crippen LogP contribution in [0.5, 0.6) is 0 Å². The van der Waals surface area contributed by atoms with Crippen molar-refractivity contribution in [2.24, 2.45) is 5.73 Å². The number of aromatic nitrogens is 1. The predicted molar refractivity (Wildman–Crippen MR) is 105 cm³/mol. The number of urea groups is 1. The summed E-state index contributed by atoms with van der Waals surface area (Å²) in [4.78, 5) is 32.5. The van der Waals surface area contributed by atoms with Crippen molar-refractivity contribution in [3.05, 3.63) is 45.9 Å². The zero-order valence-corrected chi connectivity index (χ0v) is 16.1. The number of carbonyl (C=O) groups is 2. The van der Waals surface area contributed by atoms with E-state index in [1.807, 2.05) is 31.2 Å². The van der Waals surface area contributed by atoms with Gasteiger partial charge in [-0.1, -0.05) is 12.1 Å². The van der Waals surface area contributed by atoms with Crippen LogP contribution in [0.15, 0.2) is 29.6 Å². The molecule has 7 nitrogen and oxygen atoms in total. The maximum Gasteiger partial charge on any atom is 0.321 e. The summed E-state index contributed by atoms with van der Waals surface area (Å²) in [5, 5.41) is 5.39. The van der Waals surface area contributed by atoms with Crippen LogP contribution in [0.4, 0.5) is 10.5 Å². The van der Waals surface area contributed by atoms with E-state index in [1.54, 1.807) is 15.2 Å². The van der Waals surface area contributed by atoms with E-state index in [9.17, 15) is 9.59 Å². The number of thiazole rings is 1. The number of anilines is 1. The molecule has 1 aromatic heterocycles. The molecule has 1 fully saturated rings. The van der Waals surface area contributed by atoms with Gasteiger partial charge >= 0.3 is 6.03 Å². The van der Waals surface area contributed by atoms with Crippen LogP contribution in [0.2, 0.25) is 0 Å². The third-order valence-electron chi connectivity index (χ3n) is 4.07. The number of nitrogens with one attached hydrogen (secondary N) is 1. The van der Waals surface area contributed by atoms with E-state index in [1.165, 1.54) is 11.3 Å². The molecule has 0 saturated carbocycles. The van der Waals surface area contributed by atoms with Crippen molar-refractivity contribution < 1.29 is 9.59 Å². The largest absolute Gasteiger partial charge is 0.334 e. The topological polar surface area (TPSA) is 91.6 Å². The van der Waals surface area contributed by atoms with E-state index in [-0.39, 0.29) is 24.3 Å². The van der Waals surface area contributed by atoms with Crippen LogP contribution in [0.25, 0.3) is 0 Å². The van der Waals surface area contributed by atoms with E-state index >= 15 is 0 Å². The summed E-state index contributed by atoms with van der Waals surface area (Å²) in [6.07, 6.45) is 0. The van der Waals surface area contributed by atoms with E-state index in [2.05, 4.69) is 10.3 Å². The van der Waals surface area contributed by atoms with Crippen LogP contribution in [-0.2, 0) is 6.54 Å². The van der Waals surface area contributed by atoms with E-state index in [4.69, 9.17) is 5.73 Å². The number of carbonyl (C=O) groups excluding carboxylic acids is 2. The smallest absolute Gasteiger partial charge is 0.321 e. The van der Waals surface area contributed by atoms with Gasteiger partial charge in [0, 0.05) is 43.8 Å². The van der Waals surface area contributed by atoms with E-state index < -0.39 is 0 Å². The Labute approximate surface area is 162 Å². The predicted octanol–water partition coefficient (Wildman–Crippen LogP) is 2.32. The van der Waals surface area contributed by atoms with Crippen molar-refractivity contribution in [2.75, 3.05) is 31.5 Å². The summed E-state index contributed by atoms with van der Waals surface area (Å²) in [6.45, 7) is 4.30. The maximum absolute atomic E-state index is 12.4. The highest BCUT2D eigenvalue weighted by Crippen LogP contribution is 2.14. The first kappa shape index (κ1) is 20.2. The third kappa shape index (κ3) is 4.72. The molecule has 0 bridgehead atoms. The zero-order valence-electron chi connectivity index (χ0n) is 14.5. The summed E-state index contributed by atoms with van der Waals surface area (Å²) >= 11 is 1.39. The van der Waals surface area contributed by atoms with E-state index in [0.717, 1.165) is 16.3 Å². The molecule has 0 unspecified atom stereocenters. The van der Waals surface area contributed by atoms with Crippen molar-refractivity contribution in [3.8, 4) is 0 Å². The van der Waals surface area contributed by atoms with Crippen LogP contribution in [-0.4, -0.2) is 52.9 Å². The number of benzene rings is 1. The fraction of sp³-hybridized carbons (Fsp3) is 0.353. The minimum atomic E-state index is -0.142. The Morgan fingerprint density at radius 3 is 2.54 bits per heavy atom. The highest BCUT2D eigenvalue weighted by molar-refractivity contribution is 7.09. The van der Waals surface area contributed by atoms with Crippen molar-refractivity contribution in [2.45, 2.75) is 13.5 Å². The first-order chi connectivity index (χ1) is 12.1. The Kier molecular flexibility index (Phi) is 6.96. The van der Waals surface area contributed by atoms with Crippen LogP contribution in [0.3, 0.4) is 0 Å². The van der Waals surface area contributed by atoms with Crippen LogP contribution < -0.4 is 11.1 Å². The first-order valence-electron chi connectivity index (χ1n) is 8.13. The number of hydrogen-bond donors (Lipinski definition) is 2. The van der Waals surface area contributed by atoms with E-state index in [0.29, 0.717) is 38.4 Å². The number of rotatable bonds is 3. The Morgan fingerprint density at radius 2 is 1.92 bits per heavy atom. The van der Waals surface area contributed by atoms with Gasteiger partial charge in [0.2, 0.25) is 0 Å². The summed E-state index contributed by atoms with van der Waals surface area (Å²) in [7, 11) is 0. The number of hydrogen-bond acceptors (Lipinski definition) is 5. The summed E-state index contributed by atoms with van der Waals surface area (Å²) in [5.41, 5.74) is 7.84. The summed E-state index contributed by atoms with van der Waals surface area (Å²) < 4.78 is 0. The van der Waals surface area contributed by atoms with Crippen molar-refractivity contribution >= 4 is 41.4 Å². The number of aryl methyl sites for hydroxylation is 1. The molecule has 3 rings (SSSR count). The molecule has 2 aromatic rings. The highest BCUT2D eigenvalue weighted by atomic mass is 35.5. The van der Waals surface area contributed by atoms with Gasteiger partial charge in [0.05, 0.1) is 0 Å². The number of nitrogens with zero attached hydrogens (tertiary/aromatic N) is 3. The second kappa shape index (κ2) is 8.98. The molecular formula is C17H22ClN5O2S. The van der Waals surface area contributed by atoms with Gasteiger partial charge in [-0.15, -0.1) is 23.7 Å². The minimum Gasteiger partial charge on any atom is -0.334 e. The molecule has 0 spiro atoms. The van der Waals surface area contributed by atoms with Gasteiger partial charge in [0.1, 0.15) is 10.7 Å². The lowest BCUT2D eigenvalue weighted by Crippen LogP contribution is -2.51. The standard InChI is InChI=1S/C17H21N5O2S.ClH/c1-12-3-2-4-13(9-12)19-17(24)22-7-5-21(6-8-22)16(23)14-11-25-15(10-18)20-14;/h2-4,9,11H,5-8,10,18H2,1H3,(H,19,24);1H. The van der Waals surface area contributed by atoms with Gasteiger partial charge in [-0.05, 0) is 24.6 Å². The fourth-order valence-electron chi connectivity index (χ4n) is 2.70. The summed E-state index contributed by atoms with van der Waals surface area (Å²) in [6, 6.07) is 7.54. The highest BCUT2D eigenvalue weighted by Gasteiger charge is 2.26. The van der Waals surface area contributed by atoms with Crippen LogP contribution in [0.1, 0.15) is 21.1 Å². The Balaban J connectivity index is 0.00000243. The molecule has 1 saturated heterocycles. The van der Waals surface area contributed by atoms with Crippen molar-refractivity contribution in [3.63, 3.8) is 0 Å². The third-order valence-corrected chi connectivity index (χ3v) is 4.94. The molecule has 1 aromatic carbocycles. The zero-order chi connectivity index (χ0) is 17.8. The van der Waals surface area contributed by atoms with Gasteiger partial charge < -0.3 is 20.9 Å². The molecule has 1 aliphatic rings. The molecule has 0 atom stereocenters. The van der Waals surface area contributed by atoms with Gasteiger partial charge in [0.25, 0.3) is 5.91 Å². The molecule has 2 heterocycles. The minimum absolute atomic E-state index is 0. The molecule has 1 aliphatic heterocycles. The maximum atomic E-state index is 12.4. The van der Waals surface area contributed by atoms with Crippen LogP contribution in [0, 0.1) is 6.92 Å². The SMILES string of the molecule is Cc1cccc(NC(=O)N2CCN(C(=O)c3csc(CN)n3)CC2)c1.Cl. The Hall–Kier alpha value is -2.16. The van der Waals surface area contributed by atoms with Crippen molar-refractivity contribution in [1.82, 2.24) is 14.8 Å². The molecular weight excluding hydrogens is 374 g/mol. The van der Waals surface area contributed by atoms with Gasteiger partial charge in [-0.3, -0.25) is 4.79 Å². The number of halogens is 1. The first-order valence-corrected chi connectivity index (χ1v) is 9.01. The monoisotopic (exact) mass is 395 g/mol. The molecule has 0 radical (unpaired) electrons. The number of nitrogens with two attached hydrogens (primary N) is 1. The van der Waals surface area contributed by atoms with Gasteiger partial charge in [0.15, 0.2) is 0 Å². The van der Waals surface area contributed by atoms with Gasteiger partial charge in [-0.2, -0.15) is 0 Å². The van der Waals surface area contributed by atoms with Crippen molar-refractivity contribution in [1.29, 1.82) is 0 Å². The van der Waals surface area contributed by atoms with Crippen LogP contribution >= 0.6 is 23.7 Å². The lowest BCUT2D eigenvalue weighted by Gasteiger charge is -2.34. The number of amides is 3. The second-order valence-electron chi connectivity index (χ2n) is 5.91. The molecule has 26 heavy (non-hydrogen) atoms. The molecule has 0 aliphatic carbocycles. The molecule has 9 heteroatoms. The Bertz CT molecular complexity index is 774. The number of piperazine rings is 1. The normalized spacial score (nSPS) is 13.9. The second-order valence-corrected chi connectivity index (χ2v) is 6.85. The molecule has 3 N–H and O–H groups in total. The molecule has 3 amide bonds. The molecule has 140 valence electrons. The average molecular weight is 396 g/mol. The Morgan fingerprint density at radius 1 is 1.23 bits per heavy atom. The lowest BCUT2D eigenvalue weighted by atomic mass is 10.2. The quantitative estimate of drug-likeness (QED) is 0.834. The fourth-order valence-corrected chi connectivity index (χ4v) is 3.35. The summed E-state index contributed by atoms with van der Waals surface area (Å²) in [5.74, 6) is -0.102. The average Bonchev–Trinajstić information content (AvgIpc) is 3.10. The lowest BCUT2D eigenvalue weighted by molar-refractivity contribution is 0.0666. The van der Waals surface area contributed by atoms with Gasteiger partial charge in [-0.25, -0.2) is 9.78 Å².